The molecule has 1 aromatic rings. The molecule has 0 aliphatic carbocycles. The Morgan fingerprint density at radius 2 is 1.94 bits per heavy atom. The summed E-state index contributed by atoms with van der Waals surface area (Å²) in [5.41, 5.74) is 0.999. The molecule has 1 atom stereocenters. The lowest BCUT2D eigenvalue weighted by Crippen LogP contribution is -2.40. The Morgan fingerprint density at radius 3 is 2.39 bits per heavy atom. The number of sulfonamides is 1. The third-order valence-electron chi connectivity index (χ3n) is 2.69. The van der Waals surface area contributed by atoms with Crippen molar-refractivity contribution in [2.24, 2.45) is 0 Å². The summed E-state index contributed by atoms with van der Waals surface area (Å²) in [6.07, 6.45) is 1.51. The van der Waals surface area contributed by atoms with E-state index >= 15 is 0 Å². The zero-order valence-electron chi connectivity index (χ0n) is 10.7. The fourth-order valence-electron chi connectivity index (χ4n) is 1.58. The van der Waals surface area contributed by atoms with Gasteiger partial charge in [-0.2, -0.15) is 4.31 Å². The van der Waals surface area contributed by atoms with Gasteiger partial charge in [-0.05, 0) is 26.0 Å². The summed E-state index contributed by atoms with van der Waals surface area (Å²) in [5.74, 6) is 0. The van der Waals surface area contributed by atoms with E-state index in [0.717, 1.165) is 5.56 Å². The van der Waals surface area contributed by atoms with Crippen molar-refractivity contribution < 1.29 is 13.5 Å². The summed E-state index contributed by atoms with van der Waals surface area (Å²) in [7, 11) is -3.59. The molecule has 1 aromatic carbocycles. The number of aliphatic hydroxyl groups excluding tert-OH is 1. The number of hydrogen-bond donors (Lipinski definition) is 1. The van der Waals surface area contributed by atoms with E-state index in [1.165, 1.54) is 10.4 Å². The average molecular weight is 269 g/mol. The van der Waals surface area contributed by atoms with Gasteiger partial charge in [-0.3, -0.25) is 0 Å². The Labute approximate surface area is 109 Å². The molecule has 1 N–H and O–H groups in total. The van der Waals surface area contributed by atoms with Crippen molar-refractivity contribution >= 4 is 10.0 Å². The second kappa shape index (κ2) is 6.13. The molecule has 0 bridgehead atoms. The van der Waals surface area contributed by atoms with E-state index in [9.17, 15) is 8.42 Å². The minimum Gasteiger partial charge on any atom is -0.395 e. The van der Waals surface area contributed by atoms with Crippen LogP contribution >= 0.6 is 0 Å². The van der Waals surface area contributed by atoms with Crippen LogP contribution in [-0.2, 0) is 10.0 Å². The summed E-state index contributed by atoms with van der Waals surface area (Å²) >= 11 is 0. The molecule has 4 nitrogen and oxygen atoms in total. The molecule has 0 unspecified atom stereocenters. The maximum atomic E-state index is 12.4. The zero-order chi connectivity index (χ0) is 13.8. The first kappa shape index (κ1) is 14.9. The highest BCUT2D eigenvalue weighted by Crippen LogP contribution is 2.18. The molecule has 100 valence electrons. The van der Waals surface area contributed by atoms with Gasteiger partial charge in [0, 0.05) is 12.6 Å². The van der Waals surface area contributed by atoms with Crippen molar-refractivity contribution in [3.8, 4) is 0 Å². The largest absolute Gasteiger partial charge is 0.395 e. The summed E-state index contributed by atoms with van der Waals surface area (Å²) in [6.45, 7) is 7.06. The van der Waals surface area contributed by atoms with Crippen molar-refractivity contribution in [3.63, 3.8) is 0 Å². The van der Waals surface area contributed by atoms with E-state index in [4.69, 9.17) is 5.11 Å². The van der Waals surface area contributed by atoms with Crippen LogP contribution in [0, 0.1) is 6.92 Å². The van der Waals surface area contributed by atoms with E-state index in [1.54, 1.807) is 31.2 Å². The molecule has 1 rings (SSSR count). The first-order chi connectivity index (χ1) is 8.43. The number of aliphatic hydroxyl groups is 1. The molecular formula is C13H19NO3S. The maximum absolute atomic E-state index is 12.4. The van der Waals surface area contributed by atoms with Crippen LogP contribution in [0.15, 0.2) is 41.8 Å². The topological polar surface area (TPSA) is 57.6 Å². The van der Waals surface area contributed by atoms with Gasteiger partial charge in [0.05, 0.1) is 11.5 Å². The fourth-order valence-corrected chi connectivity index (χ4v) is 3.17. The van der Waals surface area contributed by atoms with Crippen LogP contribution in [0.2, 0.25) is 0 Å². The third-order valence-corrected chi connectivity index (χ3v) is 4.69. The van der Waals surface area contributed by atoms with E-state index in [1.807, 2.05) is 6.92 Å². The van der Waals surface area contributed by atoms with Crippen LogP contribution in [0.5, 0.6) is 0 Å². The predicted molar refractivity (Wildman–Crippen MR) is 71.8 cm³/mol. The van der Waals surface area contributed by atoms with Crippen LogP contribution < -0.4 is 0 Å². The van der Waals surface area contributed by atoms with Crippen LogP contribution in [0.4, 0.5) is 0 Å². The Hall–Kier alpha value is -1.17. The smallest absolute Gasteiger partial charge is 0.243 e. The minimum atomic E-state index is -3.59. The van der Waals surface area contributed by atoms with Crippen molar-refractivity contribution in [1.29, 1.82) is 0 Å². The van der Waals surface area contributed by atoms with Crippen LogP contribution in [0.1, 0.15) is 12.5 Å². The summed E-state index contributed by atoms with van der Waals surface area (Å²) in [6, 6.07) is 6.18. The Morgan fingerprint density at radius 1 is 1.39 bits per heavy atom. The second-order valence-electron chi connectivity index (χ2n) is 4.21. The number of rotatable bonds is 6. The van der Waals surface area contributed by atoms with Crippen molar-refractivity contribution in [2.75, 3.05) is 13.2 Å². The Balaban J connectivity index is 3.16. The van der Waals surface area contributed by atoms with Crippen molar-refractivity contribution in [3.05, 3.63) is 42.5 Å². The first-order valence-electron chi connectivity index (χ1n) is 5.73. The molecule has 0 spiro atoms. The summed E-state index contributed by atoms with van der Waals surface area (Å²) in [5, 5.41) is 9.15. The lowest BCUT2D eigenvalue weighted by atomic mass is 10.2. The van der Waals surface area contributed by atoms with Crippen LogP contribution in [0.3, 0.4) is 0 Å². The van der Waals surface area contributed by atoms with Gasteiger partial charge in [0.15, 0.2) is 0 Å². The highest BCUT2D eigenvalue weighted by Gasteiger charge is 2.27. The van der Waals surface area contributed by atoms with Crippen LogP contribution in [0.25, 0.3) is 0 Å². The van der Waals surface area contributed by atoms with Crippen molar-refractivity contribution in [2.45, 2.75) is 24.8 Å². The molecule has 0 saturated carbocycles. The van der Waals surface area contributed by atoms with E-state index in [0.29, 0.717) is 0 Å². The highest BCUT2D eigenvalue weighted by molar-refractivity contribution is 7.89. The van der Waals surface area contributed by atoms with Gasteiger partial charge in [0.1, 0.15) is 0 Å². The number of benzene rings is 1. The Bertz CT molecular complexity index is 493. The molecule has 5 heteroatoms. The van der Waals surface area contributed by atoms with E-state index in [2.05, 4.69) is 6.58 Å². The number of aryl methyl sites for hydroxylation is 1. The number of nitrogens with zero attached hydrogens (tertiary/aromatic N) is 1. The van der Waals surface area contributed by atoms with Gasteiger partial charge >= 0.3 is 0 Å². The molecule has 0 radical (unpaired) electrons. The molecule has 0 heterocycles. The average Bonchev–Trinajstić information content (AvgIpc) is 2.35. The molecule has 0 saturated heterocycles. The predicted octanol–water partition coefficient (Wildman–Crippen LogP) is 1.55. The minimum absolute atomic E-state index is 0.179. The molecule has 0 amide bonds. The standard InChI is InChI=1S/C13H19NO3S/c1-4-9-14(12(3)10-15)18(16,17)13-7-5-11(2)6-8-13/h4-8,12,15H,1,9-10H2,2-3H3/t12-/m0/s1. The van der Waals surface area contributed by atoms with Crippen LogP contribution in [-0.4, -0.2) is 37.0 Å². The molecule has 0 aromatic heterocycles. The van der Waals surface area contributed by atoms with Gasteiger partial charge in [-0.1, -0.05) is 23.8 Å². The lowest BCUT2D eigenvalue weighted by Gasteiger charge is -2.25. The van der Waals surface area contributed by atoms with Gasteiger partial charge in [-0.15, -0.1) is 6.58 Å². The molecule has 0 fully saturated rings. The molecule has 18 heavy (non-hydrogen) atoms. The normalized spacial score (nSPS) is 13.6. The molecular weight excluding hydrogens is 250 g/mol. The van der Waals surface area contributed by atoms with E-state index in [-0.39, 0.29) is 18.0 Å². The van der Waals surface area contributed by atoms with Gasteiger partial charge < -0.3 is 5.11 Å². The van der Waals surface area contributed by atoms with Crippen molar-refractivity contribution in [1.82, 2.24) is 4.31 Å². The zero-order valence-corrected chi connectivity index (χ0v) is 11.5. The van der Waals surface area contributed by atoms with Gasteiger partial charge in [0.25, 0.3) is 0 Å². The van der Waals surface area contributed by atoms with Gasteiger partial charge in [0.2, 0.25) is 10.0 Å². The third kappa shape index (κ3) is 3.19. The lowest BCUT2D eigenvalue weighted by molar-refractivity contribution is 0.206. The monoisotopic (exact) mass is 269 g/mol. The number of hydrogen-bond acceptors (Lipinski definition) is 3. The summed E-state index contributed by atoms with van der Waals surface area (Å²) in [4.78, 5) is 0.232. The SMILES string of the molecule is C=CCN([C@@H](C)CO)S(=O)(=O)c1ccc(C)cc1. The molecule has 0 aliphatic rings. The summed E-state index contributed by atoms with van der Waals surface area (Å²) < 4.78 is 26.0. The second-order valence-corrected chi connectivity index (χ2v) is 6.10. The van der Waals surface area contributed by atoms with Gasteiger partial charge in [-0.25, -0.2) is 8.42 Å². The quantitative estimate of drug-likeness (QED) is 0.797. The maximum Gasteiger partial charge on any atom is 0.243 e. The molecule has 0 aliphatic heterocycles. The highest BCUT2D eigenvalue weighted by atomic mass is 32.2. The Kier molecular flexibility index (Phi) is 5.07. The first-order valence-corrected chi connectivity index (χ1v) is 7.17. The fraction of sp³-hybridized carbons (Fsp3) is 0.385. The van der Waals surface area contributed by atoms with E-state index < -0.39 is 16.1 Å².